The van der Waals surface area contributed by atoms with Crippen molar-refractivity contribution in [2.24, 2.45) is 40.7 Å². The summed E-state index contributed by atoms with van der Waals surface area (Å²) in [5.74, 6) is -6.79. The number of oxime groups is 1. The Hall–Kier alpha value is -11.1. The third-order valence-electron chi connectivity index (χ3n) is 27.3. The Bertz CT molecular complexity index is 5380. The first kappa shape index (κ1) is 96.9. The van der Waals surface area contributed by atoms with E-state index in [0.717, 1.165) is 39.1 Å². The van der Waals surface area contributed by atoms with Gasteiger partial charge in [0.15, 0.2) is 17.8 Å². The van der Waals surface area contributed by atoms with Gasteiger partial charge in [0.2, 0.25) is 23.6 Å². The molecule has 0 spiro atoms. The van der Waals surface area contributed by atoms with Crippen molar-refractivity contribution in [2.45, 2.75) is 225 Å². The molecule has 36 heteroatoms. The zero-order valence-electron chi connectivity index (χ0n) is 77.3. The number of fused-ring (bicyclic) bond motifs is 7. The molecule has 2 aromatic carbocycles. The standard InChI is InChI=1S/C96H128N18O18/c1-56-16-12-11-13-17-57(2)77(125-8)46-70-24-19-62(7)96(124,132-70)87(120)91(122)113-31-15-14-18-73(113)92(123)130-78(59(4)42-63-21-25-74(115)79(44-63)126-9)47-75(116)58(3)41-61(6)85(119)86(127-10)83(60(5)40-56)108-129-54-81(118)112-33-28-71-69(53-112)50-102-95(106-71)110-36-34-109(35-37-110)94-100-48-68(49-101-94)90(121)99-30-39-128-38-29-80(117)111-32-27-65-43-64(20-22-67(65)52-111)51-114-89-82(88(97)103-55-104-89)84(107-114)66-23-26-76-72(45-66)105-93(98)131-76/h11-13,16-17,20,22-23,26,41,43,45,48-50,55-56,58-60,62-63,70,73-75,77-79,85-86,115-116,119,124H,14-15,18-19,21,24-25,27-40,42,44,46-47,51-54H2,1-10H3,(H2,98,105)(H,99,121)(H2,97,103,104)/b13-11+,16-12+,57-17+,61-41+,108-83+/t56-,58-,59-,60-,62-,63+,70+,73+,74-,75-,77+,78+,79-,85-,86+,96-/m1/s1. The van der Waals surface area contributed by atoms with Crippen molar-refractivity contribution >= 4 is 87.0 Å². The summed E-state index contributed by atoms with van der Waals surface area (Å²) in [4.78, 5) is 132. The molecule has 6 aliphatic heterocycles. The fourth-order valence-electron chi connectivity index (χ4n) is 19.3. The average Bonchev–Trinajstić information content (AvgIpc) is 1.60. The van der Waals surface area contributed by atoms with E-state index in [2.05, 4.69) is 59.3 Å². The van der Waals surface area contributed by atoms with Gasteiger partial charge in [0.25, 0.3) is 29.5 Å². The third-order valence-corrected chi connectivity index (χ3v) is 27.3. The summed E-state index contributed by atoms with van der Waals surface area (Å²) < 4.78 is 43.6. The Kier molecular flexibility index (Phi) is 32.4. The van der Waals surface area contributed by atoms with Crippen LogP contribution in [0, 0.1) is 35.5 Å². The zero-order chi connectivity index (χ0) is 93.6. The van der Waals surface area contributed by atoms with Crippen LogP contribution in [0.2, 0.25) is 0 Å². The van der Waals surface area contributed by atoms with E-state index in [-0.39, 0.29) is 112 Å². The Balaban J connectivity index is 0.555. The number of aliphatic hydroxyl groups excluding tert-OH is 3. The quantitative estimate of drug-likeness (QED) is 0.0117. The number of nitrogens with zero attached hydrogens (tertiary/aromatic N) is 15. The highest BCUT2D eigenvalue weighted by atomic mass is 16.6. The molecule has 16 atom stereocenters. The number of piperazine rings is 1. The molecule has 2 bridgehead atoms. The fraction of sp³-hybridized carbons (Fsp3) is 0.573. The number of carbonyl (C=O) groups is 6. The van der Waals surface area contributed by atoms with Gasteiger partial charge in [-0.15, -0.1) is 0 Å². The Labute approximate surface area is 769 Å². The summed E-state index contributed by atoms with van der Waals surface area (Å²) in [7, 11) is 4.62. The van der Waals surface area contributed by atoms with Crippen molar-refractivity contribution in [3.63, 3.8) is 0 Å². The number of hydrogen-bond acceptors (Lipinski definition) is 31. The normalized spacial score (nSPS) is 28.5. The van der Waals surface area contributed by atoms with Crippen molar-refractivity contribution in [3.05, 3.63) is 142 Å². The highest BCUT2D eigenvalue weighted by Gasteiger charge is 2.53. The minimum absolute atomic E-state index is 0.0177. The number of nitrogen functional groups attached to an aromatic ring is 2. The molecule has 7 aliphatic rings. The SMILES string of the molecule is CO[C@H]1C[C@@H]2CC[C@@H](C)[C@@](O)(O2)C(=O)C(=O)N2CCCC[C@H]2C(=O)O[C@H]([C@H](C)C[C@@H]2CC[C@@H](O)[C@H](OC)C2)C[C@@H](O)[C@H](C)/C=C(\C)[C@@H](O)[C@@H](OC)/C(=N/OCC(=O)N2CCc3nc(N4CCN(c5ncc(C(=O)NCCOCCC(=O)N6CCc7cc(Cn8nc(-c9ccc%10oc(N)nc%10c9)c9c(N)ncnc98)ccc7C6)cn5)CC4)ncc3C2)[C@H](C)C[C@H](C)/C=C/C=C/C=C/1C. The van der Waals surface area contributed by atoms with Gasteiger partial charge >= 0.3 is 5.97 Å². The van der Waals surface area contributed by atoms with Crippen LogP contribution < -0.4 is 26.6 Å². The predicted octanol–water partition coefficient (Wildman–Crippen LogP) is 8.15. The van der Waals surface area contributed by atoms with Gasteiger partial charge in [0.1, 0.15) is 47.7 Å². The second-order valence-corrected chi connectivity index (χ2v) is 36.6. The van der Waals surface area contributed by atoms with Gasteiger partial charge in [-0.3, -0.25) is 24.0 Å². The average molecular weight is 1820 g/mol. The molecule has 4 fully saturated rings. The van der Waals surface area contributed by atoms with Crippen LogP contribution in [0.15, 0.2) is 118 Å². The molecule has 5 aromatic heterocycles. The number of oxazole rings is 1. The number of amides is 4. The molecule has 14 rings (SSSR count). The summed E-state index contributed by atoms with van der Waals surface area (Å²) in [6.45, 7) is 17.7. The number of nitrogens with one attached hydrogen (secondary N) is 1. The lowest BCUT2D eigenvalue weighted by Gasteiger charge is -2.43. The maximum atomic E-state index is 14.8. The lowest BCUT2D eigenvalue weighted by atomic mass is 9.78. The van der Waals surface area contributed by atoms with E-state index in [4.69, 9.17) is 64.2 Å². The third kappa shape index (κ3) is 23.2. The highest BCUT2D eigenvalue weighted by molar-refractivity contribution is 6.39. The summed E-state index contributed by atoms with van der Waals surface area (Å²) in [6.07, 6.45) is 17.7. The van der Waals surface area contributed by atoms with Crippen molar-refractivity contribution in [3.8, 4) is 11.3 Å². The van der Waals surface area contributed by atoms with Gasteiger partial charge in [-0.1, -0.05) is 94.4 Å². The number of allylic oxidation sites excluding steroid dienone is 5. The molecule has 1 aliphatic carbocycles. The van der Waals surface area contributed by atoms with Gasteiger partial charge < -0.3 is 99.4 Å². The summed E-state index contributed by atoms with van der Waals surface area (Å²) in [5, 5.41) is 60.7. The number of aromatic nitrogens is 9. The fourth-order valence-corrected chi connectivity index (χ4v) is 19.3. The van der Waals surface area contributed by atoms with E-state index in [1.807, 2.05) is 83.8 Å². The first-order valence-corrected chi connectivity index (χ1v) is 46.4. The number of Topliss-reactive ketones (excluding diaryl/α,β-unsaturated/α-hetero) is 1. The number of piperidine rings is 1. The van der Waals surface area contributed by atoms with E-state index in [1.54, 1.807) is 58.2 Å². The number of nitrogens with two attached hydrogens (primary N) is 2. The van der Waals surface area contributed by atoms with Crippen LogP contribution in [0.25, 0.3) is 33.4 Å². The molecular formula is C96H128N18O18. The number of cyclic esters (lactones) is 1. The van der Waals surface area contributed by atoms with Crippen LogP contribution in [0.1, 0.15) is 170 Å². The molecule has 0 unspecified atom stereocenters. The van der Waals surface area contributed by atoms with Crippen LogP contribution >= 0.6 is 0 Å². The highest BCUT2D eigenvalue weighted by Crippen LogP contribution is 2.40. The number of benzene rings is 2. The summed E-state index contributed by atoms with van der Waals surface area (Å²) >= 11 is 0. The first-order chi connectivity index (χ1) is 63.5. The van der Waals surface area contributed by atoms with Crippen molar-refractivity contribution in [1.29, 1.82) is 0 Å². The summed E-state index contributed by atoms with van der Waals surface area (Å²) in [6, 6.07) is 10.7. The molecular weight excluding hydrogens is 1690 g/mol. The lowest BCUT2D eigenvalue weighted by molar-refractivity contribution is -0.265. The number of rotatable bonds is 21. The Morgan fingerprint density at radius 2 is 1.49 bits per heavy atom. The van der Waals surface area contributed by atoms with E-state index in [0.29, 0.717) is 185 Å². The van der Waals surface area contributed by atoms with Gasteiger partial charge in [0, 0.05) is 154 Å². The number of esters is 1. The second kappa shape index (κ2) is 44.2. The van der Waals surface area contributed by atoms with Crippen molar-refractivity contribution in [2.75, 3.05) is 115 Å². The zero-order valence-corrected chi connectivity index (χ0v) is 77.3. The second-order valence-electron chi connectivity index (χ2n) is 36.6. The Morgan fingerprint density at radius 3 is 2.27 bits per heavy atom. The largest absolute Gasteiger partial charge is 0.460 e. The topological polar surface area (TPSA) is 462 Å². The number of hydrogen-bond donors (Lipinski definition) is 7. The predicted molar refractivity (Wildman–Crippen MR) is 492 cm³/mol. The minimum Gasteiger partial charge on any atom is -0.460 e. The van der Waals surface area contributed by atoms with Gasteiger partial charge in [0.05, 0.1) is 79.1 Å². The van der Waals surface area contributed by atoms with Crippen LogP contribution in [0.5, 0.6) is 0 Å². The number of methoxy groups -OCH3 is 3. The number of carbonyl (C=O) groups excluding carboxylic acids is 6. The van der Waals surface area contributed by atoms with Crippen molar-refractivity contribution in [1.82, 2.24) is 64.7 Å². The number of ether oxygens (including phenoxy) is 6. The molecule has 1 saturated carbocycles. The number of anilines is 4. The van der Waals surface area contributed by atoms with E-state index in [1.165, 1.54) is 30.7 Å². The van der Waals surface area contributed by atoms with Crippen LogP contribution in [-0.2, 0) is 89.7 Å². The monoisotopic (exact) mass is 1820 g/mol. The molecule has 36 nitrogen and oxygen atoms in total. The van der Waals surface area contributed by atoms with Gasteiger partial charge in [-0.25, -0.2) is 39.4 Å². The summed E-state index contributed by atoms with van der Waals surface area (Å²) in [5.41, 5.74) is 22.2. The minimum atomic E-state index is -2.47. The van der Waals surface area contributed by atoms with E-state index < -0.39 is 90.7 Å². The number of aliphatic hydroxyl groups is 4. The van der Waals surface area contributed by atoms with Gasteiger partial charge in [-0.2, -0.15) is 10.1 Å². The smallest absolute Gasteiger partial charge is 0.329 e. The van der Waals surface area contributed by atoms with Crippen LogP contribution in [-0.4, -0.2) is 275 Å². The van der Waals surface area contributed by atoms with Crippen LogP contribution in [0.3, 0.4) is 0 Å². The van der Waals surface area contributed by atoms with Gasteiger partial charge in [-0.05, 0) is 148 Å². The maximum absolute atomic E-state index is 14.8. The molecule has 132 heavy (non-hydrogen) atoms. The van der Waals surface area contributed by atoms with E-state index >= 15 is 0 Å². The molecule has 7 aromatic rings. The van der Waals surface area contributed by atoms with Crippen LogP contribution in [0.4, 0.5) is 23.7 Å². The molecule has 11 heterocycles. The van der Waals surface area contributed by atoms with E-state index in [9.17, 15) is 49.2 Å². The molecule has 3 saturated heterocycles. The Morgan fingerprint density at radius 1 is 0.735 bits per heavy atom. The molecule has 4 amide bonds. The molecule has 0 radical (unpaired) electrons. The number of ketones is 1. The lowest BCUT2D eigenvalue weighted by Crippen LogP contribution is -2.61. The maximum Gasteiger partial charge on any atom is 0.329 e. The molecule has 710 valence electrons. The first-order valence-electron chi connectivity index (χ1n) is 46.4. The molecule has 9 N–H and O–H groups in total. The van der Waals surface area contributed by atoms with Crippen molar-refractivity contribution < 1.29 is 86.9 Å².